The van der Waals surface area contributed by atoms with Gasteiger partial charge in [-0.05, 0) is 54.9 Å². The first-order valence-corrected chi connectivity index (χ1v) is 8.44. The number of nitrogen functional groups attached to an aromatic ring is 1. The normalized spacial score (nSPS) is 16.3. The Balaban J connectivity index is 1.98. The lowest BCUT2D eigenvalue weighted by molar-refractivity contribution is -0.117. The molecule has 1 aliphatic heterocycles. The fraction of sp³-hybridized carbons (Fsp3) is 0.500. The fourth-order valence-corrected chi connectivity index (χ4v) is 4.14. The van der Waals surface area contributed by atoms with Crippen molar-refractivity contribution in [3.8, 4) is 0 Å². The van der Waals surface area contributed by atoms with Gasteiger partial charge in [-0.1, -0.05) is 15.9 Å². The molecule has 3 nitrogen and oxygen atoms in total. The van der Waals surface area contributed by atoms with Gasteiger partial charge in [0.15, 0.2) is 0 Å². The van der Waals surface area contributed by atoms with Crippen molar-refractivity contribution in [1.29, 1.82) is 0 Å². The van der Waals surface area contributed by atoms with Crippen molar-refractivity contribution in [2.75, 3.05) is 22.6 Å². The Kier molecular flexibility index (Phi) is 5.16. The molecule has 0 spiro atoms. The maximum atomic E-state index is 12.1. The zero-order valence-electron chi connectivity index (χ0n) is 11.0. The highest BCUT2D eigenvalue weighted by molar-refractivity contribution is 9.10. The number of thioether (sulfide) groups is 1. The first-order valence-electron chi connectivity index (χ1n) is 6.49. The molecule has 0 radical (unpaired) electrons. The Morgan fingerprint density at radius 1 is 1.47 bits per heavy atom. The molecule has 2 rings (SSSR count). The molecule has 1 saturated heterocycles. The number of hydrogen-bond acceptors (Lipinski definition) is 3. The summed E-state index contributed by atoms with van der Waals surface area (Å²) in [4.78, 5) is 12.1. The molecule has 1 aromatic rings. The molecule has 1 aliphatic rings. The minimum absolute atomic E-state index is 0.0778. The van der Waals surface area contributed by atoms with Gasteiger partial charge in [-0.3, -0.25) is 4.79 Å². The van der Waals surface area contributed by atoms with Crippen molar-refractivity contribution < 1.29 is 4.79 Å². The van der Waals surface area contributed by atoms with Gasteiger partial charge < -0.3 is 11.1 Å². The van der Waals surface area contributed by atoms with Crippen LogP contribution in [0.15, 0.2) is 16.6 Å². The van der Waals surface area contributed by atoms with Crippen LogP contribution in [0.1, 0.15) is 24.8 Å². The van der Waals surface area contributed by atoms with E-state index in [4.69, 9.17) is 5.73 Å². The van der Waals surface area contributed by atoms with E-state index in [0.29, 0.717) is 18.0 Å². The van der Waals surface area contributed by atoms with Crippen molar-refractivity contribution >= 4 is 45.0 Å². The summed E-state index contributed by atoms with van der Waals surface area (Å²) in [5, 5.41) is 2.96. The number of anilines is 2. The van der Waals surface area contributed by atoms with Gasteiger partial charge in [-0.15, -0.1) is 0 Å². The molecular formula is C14H19BrN2OS. The summed E-state index contributed by atoms with van der Waals surface area (Å²) in [5.74, 6) is 2.96. The van der Waals surface area contributed by atoms with Crippen LogP contribution in [0.3, 0.4) is 0 Å². The van der Waals surface area contributed by atoms with Crippen LogP contribution >= 0.6 is 27.7 Å². The molecule has 0 bridgehead atoms. The van der Waals surface area contributed by atoms with E-state index in [1.807, 2.05) is 30.8 Å². The average molecular weight is 343 g/mol. The van der Waals surface area contributed by atoms with Crippen LogP contribution in [0, 0.1) is 12.8 Å². The predicted molar refractivity (Wildman–Crippen MR) is 86.6 cm³/mol. The molecule has 19 heavy (non-hydrogen) atoms. The third-order valence-electron chi connectivity index (χ3n) is 3.41. The highest BCUT2D eigenvalue weighted by Gasteiger charge is 2.18. The van der Waals surface area contributed by atoms with Gasteiger partial charge >= 0.3 is 0 Å². The van der Waals surface area contributed by atoms with E-state index in [-0.39, 0.29) is 5.91 Å². The molecule has 1 amide bonds. The molecule has 0 saturated carbocycles. The van der Waals surface area contributed by atoms with Gasteiger partial charge in [0, 0.05) is 10.9 Å². The lowest BCUT2D eigenvalue weighted by Crippen LogP contribution is -2.20. The molecule has 5 heteroatoms. The molecule has 0 aromatic heterocycles. The van der Waals surface area contributed by atoms with Crippen molar-refractivity contribution in [3.63, 3.8) is 0 Å². The average Bonchev–Trinajstić information content (AvgIpc) is 2.35. The quantitative estimate of drug-likeness (QED) is 0.821. The van der Waals surface area contributed by atoms with Crippen LogP contribution in [0.25, 0.3) is 0 Å². The smallest absolute Gasteiger partial charge is 0.224 e. The Morgan fingerprint density at radius 3 is 2.79 bits per heavy atom. The molecule has 104 valence electrons. The second-order valence-electron chi connectivity index (χ2n) is 4.99. The monoisotopic (exact) mass is 342 g/mol. The van der Waals surface area contributed by atoms with Crippen molar-refractivity contribution in [2.24, 2.45) is 5.92 Å². The molecule has 3 N–H and O–H groups in total. The minimum Gasteiger partial charge on any atom is -0.397 e. The van der Waals surface area contributed by atoms with Crippen LogP contribution in [-0.2, 0) is 4.79 Å². The first-order chi connectivity index (χ1) is 9.06. The zero-order chi connectivity index (χ0) is 13.8. The van der Waals surface area contributed by atoms with E-state index in [2.05, 4.69) is 21.2 Å². The number of rotatable bonds is 3. The number of carbonyl (C=O) groups is 1. The summed E-state index contributed by atoms with van der Waals surface area (Å²) < 4.78 is 0.935. The fourth-order valence-electron chi connectivity index (χ4n) is 2.34. The SMILES string of the molecule is Cc1cc(Br)cc(N)c1NC(=O)CC1CCSCC1. The standard InChI is InChI=1S/C14H19BrN2OS/c1-9-6-11(15)8-12(16)14(9)17-13(18)7-10-2-4-19-5-3-10/h6,8,10H,2-5,7,16H2,1H3,(H,17,18). The maximum Gasteiger partial charge on any atom is 0.224 e. The van der Waals surface area contributed by atoms with Crippen LogP contribution in [0.4, 0.5) is 11.4 Å². The molecule has 0 unspecified atom stereocenters. The highest BCUT2D eigenvalue weighted by atomic mass is 79.9. The second kappa shape index (κ2) is 6.66. The molecule has 1 heterocycles. The van der Waals surface area contributed by atoms with E-state index < -0.39 is 0 Å². The van der Waals surface area contributed by atoms with E-state index in [9.17, 15) is 4.79 Å². The Morgan fingerprint density at radius 2 is 2.16 bits per heavy atom. The van der Waals surface area contributed by atoms with Gasteiger partial charge in [0.1, 0.15) is 0 Å². The van der Waals surface area contributed by atoms with Crippen molar-refractivity contribution in [1.82, 2.24) is 0 Å². The predicted octanol–water partition coefficient (Wildman–Crippen LogP) is 3.81. The summed E-state index contributed by atoms with van der Waals surface area (Å²) in [5.41, 5.74) is 8.30. The summed E-state index contributed by atoms with van der Waals surface area (Å²) in [7, 11) is 0. The summed E-state index contributed by atoms with van der Waals surface area (Å²) in [6.45, 7) is 1.95. The van der Waals surface area contributed by atoms with Gasteiger partial charge in [-0.2, -0.15) is 11.8 Å². The largest absolute Gasteiger partial charge is 0.397 e. The Bertz CT molecular complexity index is 450. The van der Waals surface area contributed by atoms with Gasteiger partial charge in [0.25, 0.3) is 0 Å². The van der Waals surface area contributed by atoms with E-state index in [0.717, 1.165) is 28.6 Å². The molecule has 1 fully saturated rings. The number of halogens is 1. The third-order valence-corrected chi connectivity index (χ3v) is 4.92. The first kappa shape index (κ1) is 14.7. The topological polar surface area (TPSA) is 55.1 Å². The van der Waals surface area contributed by atoms with Crippen molar-refractivity contribution in [2.45, 2.75) is 26.2 Å². The molecule has 0 atom stereocenters. The number of carbonyl (C=O) groups excluding carboxylic acids is 1. The molecular weight excluding hydrogens is 324 g/mol. The lowest BCUT2D eigenvalue weighted by Gasteiger charge is -2.21. The van der Waals surface area contributed by atoms with Crippen LogP contribution < -0.4 is 11.1 Å². The van der Waals surface area contributed by atoms with Crippen molar-refractivity contribution in [3.05, 3.63) is 22.2 Å². The van der Waals surface area contributed by atoms with Gasteiger partial charge in [0.05, 0.1) is 11.4 Å². The summed E-state index contributed by atoms with van der Waals surface area (Å²) >= 11 is 5.38. The minimum atomic E-state index is 0.0778. The van der Waals surface area contributed by atoms with Crippen LogP contribution in [-0.4, -0.2) is 17.4 Å². The maximum absolute atomic E-state index is 12.1. The highest BCUT2D eigenvalue weighted by Crippen LogP contribution is 2.29. The number of nitrogens with two attached hydrogens (primary N) is 1. The zero-order valence-corrected chi connectivity index (χ0v) is 13.4. The Hall–Kier alpha value is -0.680. The molecule has 1 aromatic carbocycles. The number of amides is 1. The lowest BCUT2D eigenvalue weighted by atomic mass is 9.98. The van der Waals surface area contributed by atoms with Crippen LogP contribution in [0.2, 0.25) is 0 Å². The number of nitrogens with one attached hydrogen (secondary N) is 1. The van der Waals surface area contributed by atoms with Gasteiger partial charge in [0.2, 0.25) is 5.91 Å². The second-order valence-corrected chi connectivity index (χ2v) is 7.14. The van der Waals surface area contributed by atoms with Crippen LogP contribution in [0.5, 0.6) is 0 Å². The van der Waals surface area contributed by atoms with Gasteiger partial charge in [-0.25, -0.2) is 0 Å². The van der Waals surface area contributed by atoms with E-state index in [1.165, 1.54) is 11.5 Å². The third kappa shape index (κ3) is 4.14. The Labute approximate surface area is 126 Å². The van der Waals surface area contributed by atoms with E-state index in [1.54, 1.807) is 0 Å². The number of hydrogen-bond donors (Lipinski definition) is 2. The molecule has 0 aliphatic carbocycles. The summed E-state index contributed by atoms with van der Waals surface area (Å²) in [6.07, 6.45) is 2.90. The number of aryl methyl sites for hydroxylation is 1. The number of benzene rings is 1. The summed E-state index contributed by atoms with van der Waals surface area (Å²) in [6, 6.07) is 3.78. The van der Waals surface area contributed by atoms with E-state index >= 15 is 0 Å².